The van der Waals surface area contributed by atoms with Gasteiger partial charge in [0.05, 0.1) is 18.8 Å². The van der Waals surface area contributed by atoms with Crippen molar-refractivity contribution in [2.45, 2.75) is 39.2 Å². The van der Waals surface area contributed by atoms with Gasteiger partial charge in [0, 0.05) is 6.61 Å². The molecule has 0 aliphatic heterocycles. The third kappa shape index (κ3) is 6.35. The van der Waals surface area contributed by atoms with Gasteiger partial charge in [-0.1, -0.05) is 13.8 Å². The average molecular weight is 203 g/mol. The summed E-state index contributed by atoms with van der Waals surface area (Å²) in [6.07, 6.45) is 2.30. The molecule has 0 saturated heterocycles. The first-order valence-corrected chi connectivity index (χ1v) is 5.41. The first-order chi connectivity index (χ1) is 6.54. The van der Waals surface area contributed by atoms with E-state index >= 15 is 0 Å². The lowest BCUT2D eigenvalue weighted by molar-refractivity contribution is 0.0457. The van der Waals surface area contributed by atoms with Crippen molar-refractivity contribution in [1.82, 2.24) is 5.32 Å². The molecule has 0 aromatic rings. The SMILES string of the molecule is CNC(C)(CO)COCCCC(C)C. The van der Waals surface area contributed by atoms with Gasteiger partial charge >= 0.3 is 0 Å². The summed E-state index contributed by atoms with van der Waals surface area (Å²) in [6.45, 7) is 7.84. The van der Waals surface area contributed by atoms with Crippen LogP contribution in [0.3, 0.4) is 0 Å². The lowest BCUT2D eigenvalue weighted by Gasteiger charge is -2.26. The number of nitrogens with one attached hydrogen (secondary N) is 1. The highest BCUT2D eigenvalue weighted by atomic mass is 16.5. The first-order valence-electron chi connectivity index (χ1n) is 5.41. The summed E-state index contributed by atoms with van der Waals surface area (Å²) in [7, 11) is 1.84. The minimum absolute atomic E-state index is 0.105. The predicted octanol–water partition coefficient (Wildman–Crippen LogP) is 1.41. The average Bonchev–Trinajstić information content (AvgIpc) is 2.16. The molecule has 2 N–H and O–H groups in total. The molecule has 0 spiro atoms. The Morgan fingerprint density at radius 1 is 1.43 bits per heavy atom. The highest BCUT2D eigenvalue weighted by molar-refractivity contribution is 4.79. The lowest BCUT2D eigenvalue weighted by Crippen LogP contribution is -2.47. The summed E-state index contributed by atoms with van der Waals surface area (Å²) in [5, 5.41) is 12.1. The van der Waals surface area contributed by atoms with Crippen LogP contribution in [0.25, 0.3) is 0 Å². The quantitative estimate of drug-likeness (QED) is 0.586. The zero-order chi connectivity index (χ0) is 11.0. The van der Waals surface area contributed by atoms with Crippen LogP contribution in [0.2, 0.25) is 0 Å². The normalized spacial score (nSPS) is 15.9. The monoisotopic (exact) mass is 203 g/mol. The smallest absolute Gasteiger partial charge is 0.0667 e. The van der Waals surface area contributed by atoms with Crippen molar-refractivity contribution >= 4 is 0 Å². The molecule has 0 bridgehead atoms. The van der Waals surface area contributed by atoms with Gasteiger partial charge in [0.15, 0.2) is 0 Å². The molecule has 0 aromatic carbocycles. The standard InChI is InChI=1S/C11H25NO2/c1-10(2)6-5-7-14-9-11(3,8-13)12-4/h10,12-13H,5-9H2,1-4H3. The molecule has 3 heteroatoms. The number of rotatable bonds is 8. The Morgan fingerprint density at radius 3 is 2.50 bits per heavy atom. The molecule has 0 amide bonds. The second-order valence-electron chi connectivity index (χ2n) is 4.56. The molecule has 3 nitrogen and oxygen atoms in total. The molecule has 0 aliphatic rings. The van der Waals surface area contributed by atoms with E-state index in [2.05, 4.69) is 19.2 Å². The second kappa shape index (κ2) is 7.21. The van der Waals surface area contributed by atoms with E-state index in [1.807, 2.05) is 14.0 Å². The van der Waals surface area contributed by atoms with Crippen LogP contribution in [0.1, 0.15) is 33.6 Å². The Labute approximate surface area is 87.8 Å². The fourth-order valence-corrected chi connectivity index (χ4v) is 1.09. The summed E-state index contributed by atoms with van der Waals surface area (Å²) in [5.41, 5.74) is -0.294. The topological polar surface area (TPSA) is 41.5 Å². The van der Waals surface area contributed by atoms with Gasteiger partial charge in [-0.15, -0.1) is 0 Å². The van der Waals surface area contributed by atoms with E-state index in [-0.39, 0.29) is 12.1 Å². The molecular weight excluding hydrogens is 178 g/mol. The van der Waals surface area contributed by atoms with Crippen LogP contribution >= 0.6 is 0 Å². The summed E-state index contributed by atoms with van der Waals surface area (Å²) in [6, 6.07) is 0. The van der Waals surface area contributed by atoms with E-state index in [4.69, 9.17) is 9.84 Å². The molecule has 86 valence electrons. The maximum atomic E-state index is 9.09. The predicted molar refractivity (Wildman–Crippen MR) is 59.4 cm³/mol. The molecule has 0 radical (unpaired) electrons. The number of aliphatic hydroxyl groups is 1. The Hall–Kier alpha value is -0.120. The number of aliphatic hydroxyl groups excluding tert-OH is 1. The molecule has 0 heterocycles. The van der Waals surface area contributed by atoms with Crippen LogP contribution in [-0.4, -0.2) is 37.5 Å². The first kappa shape index (κ1) is 13.9. The van der Waals surface area contributed by atoms with Crippen LogP contribution in [0.15, 0.2) is 0 Å². The van der Waals surface area contributed by atoms with E-state index in [0.29, 0.717) is 6.61 Å². The van der Waals surface area contributed by atoms with Crippen molar-refractivity contribution in [1.29, 1.82) is 0 Å². The van der Waals surface area contributed by atoms with Crippen molar-refractivity contribution in [3.8, 4) is 0 Å². The van der Waals surface area contributed by atoms with E-state index in [9.17, 15) is 0 Å². The third-order valence-electron chi connectivity index (χ3n) is 2.44. The van der Waals surface area contributed by atoms with Gasteiger partial charge in [-0.3, -0.25) is 0 Å². The van der Waals surface area contributed by atoms with Crippen LogP contribution in [0.4, 0.5) is 0 Å². The zero-order valence-corrected chi connectivity index (χ0v) is 9.97. The van der Waals surface area contributed by atoms with Crippen molar-refractivity contribution in [3.63, 3.8) is 0 Å². The molecule has 0 rings (SSSR count). The highest BCUT2D eigenvalue weighted by Crippen LogP contribution is 2.06. The molecule has 0 aliphatic carbocycles. The van der Waals surface area contributed by atoms with Crippen molar-refractivity contribution < 1.29 is 9.84 Å². The zero-order valence-electron chi connectivity index (χ0n) is 9.97. The maximum absolute atomic E-state index is 9.09. The fraction of sp³-hybridized carbons (Fsp3) is 1.00. The van der Waals surface area contributed by atoms with Crippen molar-refractivity contribution in [3.05, 3.63) is 0 Å². The molecule has 0 aromatic heterocycles. The molecule has 1 atom stereocenters. The number of hydrogen-bond donors (Lipinski definition) is 2. The summed E-state index contributed by atoms with van der Waals surface area (Å²) in [4.78, 5) is 0. The van der Waals surface area contributed by atoms with Gasteiger partial charge in [-0.25, -0.2) is 0 Å². The van der Waals surface area contributed by atoms with Crippen LogP contribution < -0.4 is 5.32 Å². The Balaban J connectivity index is 3.43. The van der Waals surface area contributed by atoms with Crippen LogP contribution in [0, 0.1) is 5.92 Å². The summed E-state index contributed by atoms with van der Waals surface area (Å²) >= 11 is 0. The third-order valence-corrected chi connectivity index (χ3v) is 2.44. The van der Waals surface area contributed by atoms with Gasteiger partial charge < -0.3 is 15.2 Å². The summed E-state index contributed by atoms with van der Waals surface area (Å²) in [5.74, 6) is 0.743. The van der Waals surface area contributed by atoms with Gasteiger partial charge in [0.2, 0.25) is 0 Å². The van der Waals surface area contributed by atoms with Gasteiger partial charge in [-0.05, 0) is 32.7 Å². The molecular formula is C11H25NO2. The second-order valence-corrected chi connectivity index (χ2v) is 4.56. The van der Waals surface area contributed by atoms with Crippen LogP contribution in [0.5, 0.6) is 0 Å². The number of ether oxygens (including phenoxy) is 1. The molecule has 1 unspecified atom stereocenters. The van der Waals surface area contributed by atoms with Gasteiger partial charge in [0.25, 0.3) is 0 Å². The van der Waals surface area contributed by atoms with Gasteiger partial charge in [0.1, 0.15) is 0 Å². The Bertz CT molecular complexity index is 133. The maximum Gasteiger partial charge on any atom is 0.0667 e. The summed E-state index contributed by atoms with van der Waals surface area (Å²) < 4.78 is 5.51. The minimum atomic E-state index is -0.294. The van der Waals surface area contributed by atoms with Crippen molar-refractivity contribution in [2.75, 3.05) is 26.9 Å². The van der Waals surface area contributed by atoms with Crippen molar-refractivity contribution in [2.24, 2.45) is 5.92 Å². The van der Waals surface area contributed by atoms with E-state index in [1.54, 1.807) is 0 Å². The van der Waals surface area contributed by atoms with Crippen LogP contribution in [-0.2, 0) is 4.74 Å². The number of hydrogen-bond acceptors (Lipinski definition) is 3. The molecule has 0 saturated carbocycles. The Morgan fingerprint density at radius 2 is 2.07 bits per heavy atom. The van der Waals surface area contributed by atoms with E-state index in [1.165, 1.54) is 6.42 Å². The number of likely N-dealkylation sites (N-methyl/N-ethyl adjacent to an activating group) is 1. The Kier molecular flexibility index (Phi) is 7.15. The van der Waals surface area contributed by atoms with E-state index < -0.39 is 0 Å². The largest absolute Gasteiger partial charge is 0.394 e. The van der Waals surface area contributed by atoms with Gasteiger partial charge in [-0.2, -0.15) is 0 Å². The fourth-order valence-electron chi connectivity index (χ4n) is 1.09. The van der Waals surface area contributed by atoms with E-state index in [0.717, 1.165) is 18.9 Å². The molecule has 14 heavy (non-hydrogen) atoms. The lowest BCUT2D eigenvalue weighted by atomic mass is 10.1. The molecule has 0 fully saturated rings. The minimum Gasteiger partial charge on any atom is -0.394 e. The highest BCUT2D eigenvalue weighted by Gasteiger charge is 2.20.